The Morgan fingerprint density at radius 1 is 1.53 bits per heavy atom. The Labute approximate surface area is 121 Å². The average Bonchev–Trinajstić information content (AvgIpc) is 2.16. The maximum atomic E-state index is 10.8. The van der Waals surface area contributed by atoms with Crippen LogP contribution in [-0.2, 0) is 4.79 Å². The summed E-state index contributed by atoms with van der Waals surface area (Å²) in [5, 5.41) is 12.0. The topological polar surface area (TPSA) is 49.3 Å². The number of aliphatic carboxylic acids is 1. The second kappa shape index (κ2) is 12.8. The zero-order chi connectivity index (χ0) is 10.8. The predicted octanol–water partition coefficient (Wildman–Crippen LogP) is -0.911. The Balaban J connectivity index is -0.000000845. The van der Waals surface area contributed by atoms with Gasteiger partial charge in [-0.1, -0.05) is 19.8 Å². The van der Waals surface area contributed by atoms with Crippen molar-refractivity contribution in [3.63, 3.8) is 0 Å². The van der Waals surface area contributed by atoms with Gasteiger partial charge >= 0.3 is 35.5 Å². The summed E-state index contributed by atoms with van der Waals surface area (Å²) in [4.78, 5) is 10.8. The summed E-state index contributed by atoms with van der Waals surface area (Å²) in [5.74, 6) is 0.174. The smallest absolute Gasteiger partial charge is 1.00 e. The number of rotatable bonds is 9. The fraction of sp³-hybridized carbons (Fsp3) is 0.900. The van der Waals surface area contributed by atoms with E-state index in [1.165, 1.54) is 12.8 Å². The average molecular weight is 243 g/mol. The molecular formula is C10H22NNaO2S. The number of nitrogens with one attached hydrogen (secondary N) is 1. The molecule has 0 aromatic rings. The van der Waals surface area contributed by atoms with Gasteiger partial charge in [0.05, 0.1) is 0 Å². The van der Waals surface area contributed by atoms with Crippen LogP contribution in [0.25, 0.3) is 0 Å². The van der Waals surface area contributed by atoms with E-state index in [-0.39, 0.29) is 37.0 Å². The predicted molar refractivity (Wildman–Crippen MR) is 63.1 cm³/mol. The molecule has 5 heteroatoms. The zero-order valence-electron chi connectivity index (χ0n) is 11.1. The number of carbonyl (C=O) groups is 1. The molecule has 0 bridgehead atoms. The molecule has 0 aromatic heterocycles. The van der Waals surface area contributed by atoms with Crippen molar-refractivity contribution in [3.05, 3.63) is 0 Å². The quantitative estimate of drug-likeness (QED) is 0.407. The molecule has 0 amide bonds. The van der Waals surface area contributed by atoms with Gasteiger partial charge in [-0.25, -0.2) is 0 Å². The van der Waals surface area contributed by atoms with Crippen molar-refractivity contribution >= 4 is 17.7 Å². The van der Waals surface area contributed by atoms with Crippen LogP contribution in [-0.4, -0.2) is 35.7 Å². The molecule has 0 aliphatic carbocycles. The van der Waals surface area contributed by atoms with Crippen LogP contribution in [0.2, 0.25) is 0 Å². The van der Waals surface area contributed by atoms with Crippen molar-refractivity contribution < 1.29 is 40.9 Å². The van der Waals surface area contributed by atoms with Crippen LogP contribution in [0.5, 0.6) is 0 Å². The van der Waals surface area contributed by atoms with Crippen molar-refractivity contribution in [2.45, 2.75) is 38.6 Å². The number of carboxylic acid groups (broad SMARTS) is 1. The van der Waals surface area contributed by atoms with Gasteiger partial charge in [-0.3, -0.25) is 4.79 Å². The van der Waals surface area contributed by atoms with Gasteiger partial charge in [0, 0.05) is 0 Å². The third-order valence-corrected chi connectivity index (χ3v) is 2.72. The molecule has 2 N–H and O–H groups in total. The van der Waals surface area contributed by atoms with Crippen LogP contribution in [0.1, 0.15) is 34.0 Å². The van der Waals surface area contributed by atoms with Gasteiger partial charge in [0.2, 0.25) is 0 Å². The third kappa shape index (κ3) is 11.1. The van der Waals surface area contributed by atoms with Crippen LogP contribution in [0, 0.1) is 0 Å². The van der Waals surface area contributed by atoms with Crippen molar-refractivity contribution in [1.29, 1.82) is 0 Å². The van der Waals surface area contributed by atoms with Crippen molar-refractivity contribution in [3.8, 4) is 0 Å². The molecule has 0 fully saturated rings. The third-order valence-electron chi connectivity index (χ3n) is 2.08. The number of carboxylic acids is 1. The Hall–Kier alpha value is 0.780. The molecule has 86 valence electrons. The van der Waals surface area contributed by atoms with E-state index >= 15 is 0 Å². The minimum absolute atomic E-state index is 0. The number of hydrogen-bond acceptors (Lipinski definition) is 3. The molecule has 0 unspecified atom stereocenters. The minimum Gasteiger partial charge on any atom is -1.00 e. The summed E-state index contributed by atoms with van der Waals surface area (Å²) in [6, 6.07) is -0.362. The summed E-state index contributed by atoms with van der Waals surface area (Å²) in [5.41, 5.74) is 0. The number of thioether (sulfide) groups is 1. The summed E-state index contributed by atoms with van der Waals surface area (Å²) in [7, 11) is 0. The molecule has 0 saturated carbocycles. The van der Waals surface area contributed by atoms with Crippen LogP contribution in [0.3, 0.4) is 0 Å². The maximum absolute atomic E-state index is 10.8. The van der Waals surface area contributed by atoms with Crippen LogP contribution < -0.4 is 34.9 Å². The van der Waals surface area contributed by atoms with E-state index in [2.05, 4.69) is 12.2 Å². The second-order valence-corrected chi connectivity index (χ2v) is 4.32. The molecule has 0 spiro atoms. The van der Waals surface area contributed by atoms with Crippen LogP contribution in [0.15, 0.2) is 0 Å². The standard InChI is InChI=1S/C10H21NO2S.Na.H/c1-3-4-5-7-11-9(10(12)13)6-8-14-2;;/h9,11H,3-8H2,1-2H3,(H,12,13);;/q;+1;-1/t9-;;/m0../s1. The van der Waals surface area contributed by atoms with E-state index in [1.807, 2.05) is 6.26 Å². The Kier molecular flexibility index (Phi) is 15.5. The van der Waals surface area contributed by atoms with E-state index < -0.39 is 5.97 Å². The van der Waals surface area contributed by atoms with E-state index in [0.717, 1.165) is 18.7 Å². The van der Waals surface area contributed by atoms with Gasteiger partial charge < -0.3 is 11.8 Å². The fourth-order valence-corrected chi connectivity index (χ4v) is 1.67. The summed E-state index contributed by atoms with van der Waals surface area (Å²) < 4.78 is 0. The molecule has 0 rings (SSSR count). The number of unbranched alkanes of at least 4 members (excludes halogenated alkanes) is 2. The van der Waals surface area contributed by atoms with Gasteiger partial charge in [-0.05, 0) is 31.4 Å². The zero-order valence-corrected chi connectivity index (χ0v) is 12.9. The molecule has 0 aliphatic heterocycles. The van der Waals surface area contributed by atoms with Crippen molar-refractivity contribution in [2.24, 2.45) is 0 Å². The first kappa shape index (κ1) is 18.2. The second-order valence-electron chi connectivity index (χ2n) is 3.33. The first-order chi connectivity index (χ1) is 6.72. The van der Waals surface area contributed by atoms with Crippen molar-refractivity contribution in [1.82, 2.24) is 5.32 Å². The molecule has 0 radical (unpaired) electrons. The van der Waals surface area contributed by atoms with Gasteiger partial charge in [-0.15, -0.1) is 0 Å². The maximum Gasteiger partial charge on any atom is 1.00 e. The van der Waals surface area contributed by atoms with Gasteiger partial charge in [-0.2, -0.15) is 11.8 Å². The molecular weight excluding hydrogens is 221 g/mol. The molecule has 3 nitrogen and oxygen atoms in total. The van der Waals surface area contributed by atoms with Crippen LogP contribution in [0.4, 0.5) is 0 Å². The fourth-order valence-electron chi connectivity index (χ4n) is 1.20. The molecule has 1 atom stereocenters. The monoisotopic (exact) mass is 243 g/mol. The molecule has 0 aliphatic rings. The largest absolute Gasteiger partial charge is 1.00 e. The molecule has 15 heavy (non-hydrogen) atoms. The first-order valence-electron chi connectivity index (χ1n) is 5.17. The Morgan fingerprint density at radius 2 is 2.20 bits per heavy atom. The van der Waals surface area contributed by atoms with E-state index in [0.29, 0.717) is 6.42 Å². The first-order valence-corrected chi connectivity index (χ1v) is 6.56. The van der Waals surface area contributed by atoms with Gasteiger partial charge in [0.15, 0.2) is 0 Å². The van der Waals surface area contributed by atoms with E-state index in [4.69, 9.17) is 5.11 Å². The van der Waals surface area contributed by atoms with E-state index in [9.17, 15) is 4.79 Å². The van der Waals surface area contributed by atoms with Crippen LogP contribution >= 0.6 is 11.8 Å². The molecule has 0 aromatic carbocycles. The SMILES string of the molecule is CCCCCN[C@@H](CCSC)C(=O)O.[H-].[Na+]. The summed E-state index contributed by atoms with van der Waals surface area (Å²) in [6.07, 6.45) is 6.12. The Bertz CT molecular complexity index is 164. The normalized spacial score (nSPS) is 11.9. The minimum atomic E-state index is -0.726. The summed E-state index contributed by atoms with van der Waals surface area (Å²) in [6.45, 7) is 2.96. The van der Waals surface area contributed by atoms with Gasteiger partial charge in [0.1, 0.15) is 6.04 Å². The van der Waals surface area contributed by atoms with Crippen molar-refractivity contribution in [2.75, 3.05) is 18.6 Å². The molecule has 0 heterocycles. The Morgan fingerprint density at radius 3 is 2.67 bits per heavy atom. The number of hydrogen-bond donors (Lipinski definition) is 2. The van der Waals surface area contributed by atoms with Gasteiger partial charge in [0.25, 0.3) is 0 Å². The summed E-state index contributed by atoms with van der Waals surface area (Å²) >= 11 is 1.69. The molecule has 0 saturated heterocycles. The van der Waals surface area contributed by atoms with E-state index in [1.54, 1.807) is 11.8 Å².